The molecule has 0 aromatic rings. The van der Waals surface area contributed by atoms with Crippen LogP contribution in [0.25, 0.3) is 0 Å². The molecule has 0 spiro atoms. The third kappa shape index (κ3) is 1.53. The average Bonchev–Trinajstić information content (AvgIpc) is 2.72. The third-order valence-electron chi connectivity index (χ3n) is 2.73. The molecule has 0 bridgehead atoms. The number of hydrogen-bond donors (Lipinski definition) is 1. The van der Waals surface area contributed by atoms with Crippen LogP contribution in [0.15, 0.2) is 0 Å². The van der Waals surface area contributed by atoms with Crippen LogP contribution in [0.1, 0.15) is 26.2 Å². The molecule has 1 unspecified atom stereocenters. The van der Waals surface area contributed by atoms with Crippen LogP contribution in [0, 0.1) is 5.92 Å². The van der Waals surface area contributed by atoms with E-state index >= 15 is 0 Å². The van der Waals surface area contributed by atoms with Crippen molar-refractivity contribution in [3.8, 4) is 0 Å². The van der Waals surface area contributed by atoms with Crippen molar-refractivity contribution in [2.75, 3.05) is 6.54 Å². The fourth-order valence-corrected chi connectivity index (χ4v) is 1.22. The maximum Gasteiger partial charge on any atom is 0.252 e. The highest BCUT2D eigenvalue weighted by Gasteiger charge is 2.57. The Hall–Kier alpha value is -0.180. The van der Waals surface area contributed by atoms with Crippen LogP contribution in [-0.2, 0) is 0 Å². The fraction of sp³-hybridized carbons (Fsp3) is 1.00. The van der Waals surface area contributed by atoms with E-state index in [9.17, 15) is 8.78 Å². The van der Waals surface area contributed by atoms with Crippen molar-refractivity contribution >= 4 is 0 Å². The molecule has 11 heavy (non-hydrogen) atoms. The zero-order valence-electron chi connectivity index (χ0n) is 6.66. The Morgan fingerprint density at radius 1 is 1.45 bits per heavy atom. The van der Waals surface area contributed by atoms with Gasteiger partial charge in [-0.1, -0.05) is 0 Å². The minimum Gasteiger partial charge on any atom is -0.311 e. The molecule has 2 rings (SSSR count). The predicted octanol–water partition coefficient (Wildman–Crippen LogP) is 1.78. The molecule has 0 amide bonds. The van der Waals surface area contributed by atoms with Crippen LogP contribution in [0.2, 0.25) is 0 Å². The second-order valence-corrected chi connectivity index (χ2v) is 4.10. The summed E-state index contributed by atoms with van der Waals surface area (Å²) in [5.74, 6) is -2.72. The van der Waals surface area contributed by atoms with Gasteiger partial charge in [0, 0.05) is 24.4 Å². The average molecular weight is 161 g/mol. The van der Waals surface area contributed by atoms with Gasteiger partial charge in [-0.3, -0.25) is 0 Å². The van der Waals surface area contributed by atoms with E-state index in [-0.39, 0.29) is 17.9 Å². The summed E-state index contributed by atoms with van der Waals surface area (Å²) >= 11 is 0. The van der Waals surface area contributed by atoms with Gasteiger partial charge in [0.15, 0.2) is 0 Å². The standard InChI is InChI=1S/C8H13F2N/c1-7(2-3-7)11-5-6-4-8(6,9)10/h6,11H,2-5H2,1H3. The van der Waals surface area contributed by atoms with Crippen molar-refractivity contribution in [1.29, 1.82) is 0 Å². The van der Waals surface area contributed by atoms with Gasteiger partial charge >= 0.3 is 0 Å². The SMILES string of the molecule is CC1(NCC2CC2(F)F)CC1. The summed E-state index contributed by atoms with van der Waals surface area (Å²) in [4.78, 5) is 0. The Morgan fingerprint density at radius 3 is 2.36 bits per heavy atom. The summed E-state index contributed by atoms with van der Waals surface area (Å²) in [7, 11) is 0. The molecule has 2 aliphatic carbocycles. The number of hydrogen-bond acceptors (Lipinski definition) is 1. The van der Waals surface area contributed by atoms with Crippen molar-refractivity contribution in [3.05, 3.63) is 0 Å². The summed E-state index contributed by atoms with van der Waals surface area (Å²) in [5.41, 5.74) is 0.207. The Balaban J connectivity index is 1.69. The molecule has 64 valence electrons. The smallest absolute Gasteiger partial charge is 0.252 e. The first-order valence-electron chi connectivity index (χ1n) is 4.15. The Morgan fingerprint density at radius 2 is 2.00 bits per heavy atom. The second-order valence-electron chi connectivity index (χ2n) is 4.10. The van der Waals surface area contributed by atoms with Gasteiger partial charge in [-0.25, -0.2) is 8.78 Å². The van der Waals surface area contributed by atoms with Gasteiger partial charge in [0.2, 0.25) is 0 Å². The first-order valence-corrected chi connectivity index (χ1v) is 4.15. The molecule has 2 fully saturated rings. The fourth-order valence-electron chi connectivity index (χ4n) is 1.22. The molecule has 0 radical (unpaired) electrons. The van der Waals surface area contributed by atoms with Gasteiger partial charge in [-0.2, -0.15) is 0 Å². The number of halogens is 2. The summed E-state index contributed by atoms with van der Waals surface area (Å²) in [5, 5.41) is 3.17. The van der Waals surface area contributed by atoms with Crippen LogP contribution >= 0.6 is 0 Å². The van der Waals surface area contributed by atoms with Gasteiger partial charge in [-0.05, 0) is 19.8 Å². The van der Waals surface area contributed by atoms with E-state index in [1.165, 1.54) is 0 Å². The summed E-state index contributed by atoms with van der Waals surface area (Å²) in [6.07, 6.45) is 2.38. The van der Waals surface area contributed by atoms with E-state index in [0.717, 1.165) is 12.8 Å². The monoisotopic (exact) mass is 161 g/mol. The van der Waals surface area contributed by atoms with Crippen molar-refractivity contribution in [2.24, 2.45) is 5.92 Å². The number of alkyl halides is 2. The number of rotatable bonds is 3. The van der Waals surface area contributed by atoms with E-state index < -0.39 is 5.92 Å². The normalized spacial score (nSPS) is 36.8. The van der Waals surface area contributed by atoms with E-state index in [2.05, 4.69) is 12.2 Å². The lowest BCUT2D eigenvalue weighted by Gasteiger charge is -2.09. The van der Waals surface area contributed by atoms with Gasteiger partial charge < -0.3 is 5.32 Å². The molecule has 2 saturated carbocycles. The van der Waals surface area contributed by atoms with Crippen LogP contribution in [0.3, 0.4) is 0 Å². The van der Waals surface area contributed by atoms with Gasteiger partial charge in [0.25, 0.3) is 5.92 Å². The first kappa shape index (κ1) is 7.47. The van der Waals surface area contributed by atoms with E-state index in [0.29, 0.717) is 6.54 Å². The Kier molecular flexibility index (Phi) is 1.32. The van der Waals surface area contributed by atoms with Crippen molar-refractivity contribution < 1.29 is 8.78 Å². The maximum absolute atomic E-state index is 12.4. The molecule has 0 aromatic carbocycles. The van der Waals surface area contributed by atoms with Crippen molar-refractivity contribution in [2.45, 2.75) is 37.6 Å². The summed E-state index contributed by atoms with van der Waals surface area (Å²) < 4.78 is 24.7. The van der Waals surface area contributed by atoms with Crippen LogP contribution in [-0.4, -0.2) is 18.0 Å². The van der Waals surface area contributed by atoms with Gasteiger partial charge in [-0.15, -0.1) is 0 Å². The largest absolute Gasteiger partial charge is 0.311 e. The molecular weight excluding hydrogens is 148 g/mol. The molecule has 0 aromatic heterocycles. The highest BCUT2D eigenvalue weighted by atomic mass is 19.3. The minimum atomic E-state index is -2.35. The number of nitrogens with one attached hydrogen (secondary N) is 1. The quantitative estimate of drug-likeness (QED) is 0.665. The molecule has 3 heteroatoms. The lowest BCUT2D eigenvalue weighted by molar-refractivity contribution is 0.0979. The lowest BCUT2D eigenvalue weighted by Crippen LogP contribution is -2.30. The highest BCUT2D eigenvalue weighted by Crippen LogP contribution is 2.48. The first-order chi connectivity index (χ1) is 5.02. The zero-order valence-corrected chi connectivity index (χ0v) is 6.66. The Labute approximate surface area is 65.2 Å². The van der Waals surface area contributed by atoms with E-state index in [4.69, 9.17) is 0 Å². The molecule has 0 heterocycles. The molecule has 2 aliphatic rings. The third-order valence-corrected chi connectivity index (χ3v) is 2.73. The molecule has 1 nitrogen and oxygen atoms in total. The molecule has 0 saturated heterocycles. The second kappa shape index (κ2) is 1.94. The lowest BCUT2D eigenvalue weighted by atomic mass is 10.3. The predicted molar refractivity (Wildman–Crippen MR) is 38.7 cm³/mol. The highest BCUT2D eigenvalue weighted by molar-refractivity contribution is 5.02. The minimum absolute atomic E-state index is 0.0933. The summed E-state index contributed by atoms with van der Waals surface area (Å²) in [6, 6.07) is 0. The zero-order chi connectivity index (χ0) is 8.11. The van der Waals surface area contributed by atoms with Crippen molar-refractivity contribution in [3.63, 3.8) is 0 Å². The molecule has 0 aliphatic heterocycles. The van der Waals surface area contributed by atoms with Crippen molar-refractivity contribution in [1.82, 2.24) is 5.32 Å². The van der Waals surface area contributed by atoms with Crippen LogP contribution < -0.4 is 5.32 Å². The van der Waals surface area contributed by atoms with Gasteiger partial charge in [0.1, 0.15) is 0 Å². The van der Waals surface area contributed by atoms with Crippen LogP contribution in [0.4, 0.5) is 8.78 Å². The molecule has 1 atom stereocenters. The van der Waals surface area contributed by atoms with E-state index in [1.807, 2.05) is 0 Å². The molecular formula is C8H13F2N. The van der Waals surface area contributed by atoms with Gasteiger partial charge in [0.05, 0.1) is 0 Å². The summed E-state index contributed by atoms with van der Waals surface area (Å²) in [6.45, 7) is 2.59. The van der Waals surface area contributed by atoms with Crippen LogP contribution in [0.5, 0.6) is 0 Å². The Bertz CT molecular complexity index is 175. The molecule has 1 N–H and O–H groups in total. The topological polar surface area (TPSA) is 12.0 Å². The van der Waals surface area contributed by atoms with E-state index in [1.54, 1.807) is 0 Å². The maximum atomic E-state index is 12.4.